The average molecular weight is 609 g/mol. The van der Waals surface area contributed by atoms with Crippen LogP contribution in [0.5, 0.6) is 5.75 Å². The molecule has 1 aromatic heterocycles. The van der Waals surface area contributed by atoms with E-state index in [0.29, 0.717) is 19.0 Å². The zero-order valence-corrected chi connectivity index (χ0v) is 24.2. The van der Waals surface area contributed by atoms with Gasteiger partial charge in [-0.3, -0.25) is 4.98 Å². The maximum atomic E-state index is 12.7. The molecule has 0 amide bonds. The van der Waals surface area contributed by atoms with Crippen molar-refractivity contribution in [3.8, 4) is 16.9 Å². The molecule has 13 heteroatoms. The lowest BCUT2D eigenvalue weighted by atomic mass is 10.0. The summed E-state index contributed by atoms with van der Waals surface area (Å²) in [5, 5.41) is 10.8. The van der Waals surface area contributed by atoms with Gasteiger partial charge in [-0.15, -0.1) is 0 Å². The van der Waals surface area contributed by atoms with Crippen molar-refractivity contribution in [3.05, 3.63) is 78.1 Å². The van der Waals surface area contributed by atoms with Crippen LogP contribution in [0.25, 0.3) is 11.1 Å². The van der Waals surface area contributed by atoms with Gasteiger partial charge in [0, 0.05) is 43.0 Å². The molecule has 228 valence electrons. The number of alkyl halides is 3. The van der Waals surface area contributed by atoms with Gasteiger partial charge in [-0.05, 0) is 80.5 Å². The molecule has 0 saturated carbocycles. The lowest BCUT2D eigenvalue weighted by Crippen LogP contribution is -2.40. The molecule has 3 aromatic rings. The van der Waals surface area contributed by atoms with E-state index in [4.69, 9.17) is 14.6 Å². The Labute approximate surface area is 243 Å². The number of sulfonamides is 1. The highest BCUT2D eigenvalue weighted by molar-refractivity contribution is 7.89. The number of halogens is 3. The summed E-state index contributed by atoms with van der Waals surface area (Å²) < 4.78 is 65.5. The summed E-state index contributed by atoms with van der Waals surface area (Å²) in [6.07, 6.45) is -0.527. The zero-order valence-electron chi connectivity index (χ0n) is 23.4. The molecule has 0 aliphatic carbocycles. The number of carboxylic acids is 1. The maximum absolute atomic E-state index is 12.7. The van der Waals surface area contributed by atoms with Gasteiger partial charge in [-0.2, -0.15) is 13.2 Å². The number of likely N-dealkylation sites (tertiary alicyclic amines) is 1. The number of nitrogens with zero attached hydrogens (tertiary/aromatic N) is 2. The Morgan fingerprint density at radius 3 is 2.33 bits per heavy atom. The standard InChI is InChI=1S/C27H34N4O3S.C2HF3O2/c1-31-17-13-24(14-18-31)29-20-21-6-11-27(34-2)26(19-21)22-7-9-25(10-8-22)35(32,33)30-16-12-23-5-3-4-15-28-23;3-2(4,5)1(6)7/h3-11,15,19,24,29-30H,12-14,16-18,20H2,1-2H3;(H,6,7). The van der Waals surface area contributed by atoms with E-state index in [-0.39, 0.29) is 4.90 Å². The first-order valence-corrected chi connectivity index (χ1v) is 14.8. The molecule has 0 atom stereocenters. The highest BCUT2D eigenvalue weighted by atomic mass is 32.2. The molecule has 4 rings (SSSR count). The molecule has 0 radical (unpaired) electrons. The largest absolute Gasteiger partial charge is 0.496 e. The van der Waals surface area contributed by atoms with E-state index in [9.17, 15) is 21.6 Å². The van der Waals surface area contributed by atoms with Gasteiger partial charge in [0.05, 0.1) is 12.0 Å². The van der Waals surface area contributed by atoms with Crippen molar-refractivity contribution in [2.24, 2.45) is 0 Å². The number of aromatic nitrogens is 1. The average Bonchev–Trinajstić information content (AvgIpc) is 2.97. The Morgan fingerprint density at radius 2 is 1.76 bits per heavy atom. The number of benzene rings is 2. The summed E-state index contributed by atoms with van der Waals surface area (Å²) in [7, 11) is 0.219. The normalized spacial score (nSPS) is 14.6. The van der Waals surface area contributed by atoms with Crippen molar-refractivity contribution in [2.45, 2.75) is 42.9 Å². The first kappa shape index (κ1) is 33.0. The van der Waals surface area contributed by atoms with Gasteiger partial charge < -0.3 is 20.1 Å². The minimum absolute atomic E-state index is 0.237. The highest BCUT2D eigenvalue weighted by Gasteiger charge is 2.38. The van der Waals surface area contributed by atoms with E-state index < -0.39 is 22.2 Å². The van der Waals surface area contributed by atoms with Crippen LogP contribution in [-0.2, 0) is 27.8 Å². The summed E-state index contributed by atoms with van der Waals surface area (Å²) in [6, 6.07) is 19.3. The van der Waals surface area contributed by atoms with Crippen LogP contribution in [-0.4, -0.2) is 75.4 Å². The number of pyridine rings is 1. The van der Waals surface area contributed by atoms with Gasteiger partial charge in [-0.25, -0.2) is 17.9 Å². The number of carbonyl (C=O) groups is 1. The number of aliphatic carboxylic acids is 1. The Kier molecular flexibility index (Phi) is 11.9. The van der Waals surface area contributed by atoms with E-state index in [0.717, 1.165) is 55.0 Å². The molecular formula is C29H35F3N4O5S. The van der Waals surface area contributed by atoms with E-state index in [1.54, 1.807) is 25.4 Å². The van der Waals surface area contributed by atoms with Crippen molar-refractivity contribution < 1.29 is 36.2 Å². The fraction of sp³-hybridized carbons (Fsp3) is 0.379. The first-order valence-electron chi connectivity index (χ1n) is 13.3. The molecule has 2 aromatic carbocycles. The van der Waals surface area contributed by atoms with Crippen LogP contribution in [0.2, 0.25) is 0 Å². The molecule has 1 aliphatic heterocycles. The SMILES string of the molecule is COc1ccc(CNC2CCN(C)CC2)cc1-c1ccc(S(=O)(=O)NCCc2ccccn2)cc1.O=C(O)C(F)(F)F. The fourth-order valence-electron chi connectivity index (χ4n) is 4.32. The van der Waals surface area contributed by atoms with Crippen molar-refractivity contribution >= 4 is 16.0 Å². The summed E-state index contributed by atoms with van der Waals surface area (Å²) >= 11 is 0. The third-order valence-electron chi connectivity index (χ3n) is 6.69. The zero-order chi connectivity index (χ0) is 30.8. The molecule has 0 spiro atoms. The molecule has 2 heterocycles. The van der Waals surface area contributed by atoms with Gasteiger partial charge in [0.2, 0.25) is 10.0 Å². The van der Waals surface area contributed by atoms with Crippen LogP contribution in [0.15, 0.2) is 71.8 Å². The predicted molar refractivity (Wildman–Crippen MR) is 153 cm³/mol. The number of carboxylic acid groups (broad SMARTS) is 1. The second kappa shape index (κ2) is 15.1. The van der Waals surface area contributed by atoms with Crippen molar-refractivity contribution in [1.29, 1.82) is 0 Å². The molecule has 1 aliphatic rings. The van der Waals surface area contributed by atoms with Crippen LogP contribution in [0.1, 0.15) is 24.1 Å². The number of nitrogens with one attached hydrogen (secondary N) is 2. The van der Waals surface area contributed by atoms with Crippen LogP contribution >= 0.6 is 0 Å². The third kappa shape index (κ3) is 10.1. The number of hydrogen-bond donors (Lipinski definition) is 3. The Hall–Kier alpha value is -3.52. The molecule has 0 unspecified atom stereocenters. The monoisotopic (exact) mass is 608 g/mol. The Morgan fingerprint density at radius 1 is 1.10 bits per heavy atom. The van der Waals surface area contributed by atoms with Crippen LogP contribution in [0, 0.1) is 0 Å². The van der Waals surface area contributed by atoms with E-state index in [1.807, 2.05) is 36.4 Å². The maximum Gasteiger partial charge on any atom is 0.490 e. The summed E-state index contributed by atoms with van der Waals surface area (Å²) in [5.74, 6) is -2.00. The number of ether oxygens (including phenoxy) is 1. The smallest absolute Gasteiger partial charge is 0.490 e. The summed E-state index contributed by atoms with van der Waals surface area (Å²) in [4.78, 5) is 15.7. The number of hydrogen-bond acceptors (Lipinski definition) is 7. The van der Waals surface area contributed by atoms with Crippen molar-refractivity contribution in [1.82, 2.24) is 19.9 Å². The molecule has 1 saturated heterocycles. The lowest BCUT2D eigenvalue weighted by Gasteiger charge is -2.29. The summed E-state index contributed by atoms with van der Waals surface area (Å²) in [6.45, 7) is 3.33. The quantitative estimate of drug-likeness (QED) is 0.315. The van der Waals surface area contributed by atoms with E-state index >= 15 is 0 Å². The second-order valence-electron chi connectivity index (χ2n) is 9.79. The van der Waals surface area contributed by atoms with Crippen LogP contribution < -0.4 is 14.8 Å². The Bertz CT molecular complexity index is 1400. The number of methoxy groups -OCH3 is 1. The molecule has 0 bridgehead atoms. The summed E-state index contributed by atoms with van der Waals surface area (Å²) in [5.41, 5.74) is 3.88. The minimum atomic E-state index is -5.08. The number of rotatable bonds is 10. The minimum Gasteiger partial charge on any atom is -0.496 e. The van der Waals surface area contributed by atoms with Gasteiger partial charge in [-0.1, -0.05) is 24.3 Å². The molecule has 42 heavy (non-hydrogen) atoms. The molecular weight excluding hydrogens is 573 g/mol. The van der Waals surface area contributed by atoms with Crippen molar-refractivity contribution in [2.75, 3.05) is 33.8 Å². The Balaban J connectivity index is 0.000000616. The topological polar surface area (TPSA) is 121 Å². The third-order valence-corrected chi connectivity index (χ3v) is 8.17. The molecule has 1 fully saturated rings. The van der Waals surface area contributed by atoms with E-state index in [1.165, 1.54) is 5.56 Å². The van der Waals surface area contributed by atoms with Gasteiger partial charge in [0.25, 0.3) is 0 Å². The molecule has 9 nitrogen and oxygen atoms in total. The van der Waals surface area contributed by atoms with E-state index in [2.05, 4.69) is 39.1 Å². The van der Waals surface area contributed by atoms with Gasteiger partial charge in [0.15, 0.2) is 0 Å². The van der Waals surface area contributed by atoms with Gasteiger partial charge >= 0.3 is 12.1 Å². The second-order valence-corrected chi connectivity index (χ2v) is 11.6. The van der Waals surface area contributed by atoms with Gasteiger partial charge in [0.1, 0.15) is 5.75 Å². The highest BCUT2D eigenvalue weighted by Crippen LogP contribution is 2.32. The van der Waals surface area contributed by atoms with Crippen LogP contribution in [0.4, 0.5) is 13.2 Å². The predicted octanol–water partition coefficient (Wildman–Crippen LogP) is 4.10. The van der Waals surface area contributed by atoms with Crippen LogP contribution in [0.3, 0.4) is 0 Å². The number of piperidine rings is 1. The molecule has 3 N–H and O–H groups in total. The fourth-order valence-corrected chi connectivity index (χ4v) is 5.35. The lowest BCUT2D eigenvalue weighted by molar-refractivity contribution is -0.192. The van der Waals surface area contributed by atoms with Crippen molar-refractivity contribution in [3.63, 3.8) is 0 Å². The first-order chi connectivity index (χ1) is 19.9.